The number of nitrogens with zero attached hydrogens (tertiary/aromatic N) is 3. The van der Waals surface area contributed by atoms with Gasteiger partial charge in [-0.25, -0.2) is 9.97 Å². The summed E-state index contributed by atoms with van der Waals surface area (Å²) < 4.78 is 0.911. The van der Waals surface area contributed by atoms with Crippen molar-refractivity contribution in [1.82, 2.24) is 9.97 Å². The molecule has 2 atom stereocenters. The molecular weight excluding hydrogens is 256 g/mol. The Kier molecular flexibility index (Phi) is 3.21. The van der Waals surface area contributed by atoms with Crippen LogP contribution in [0.25, 0.3) is 0 Å². The topological polar surface area (TPSA) is 55.0 Å². The third-order valence-corrected chi connectivity index (χ3v) is 3.27. The molecule has 0 radical (unpaired) electrons. The van der Waals surface area contributed by atoms with Crippen LogP contribution in [-0.4, -0.2) is 29.1 Å². The molecule has 0 spiro atoms. The minimum Gasteiger partial charge on any atom is -0.338 e. The van der Waals surface area contributed by atoms with E-state index in [-0.39, 0.29) is 0 Å². The van der Waals surface area contributed by atoms with Crippen LogP contribution in [0, 0.1) is 5.92 Å². The maximum atomic E-state index is 5.69. The maximum absolute atomic E-state index is 5.69. The van der Waals surface area contributed by atoms with Gasteiger partial charge in [0.15, 0.2) is 0 Å². The van der Waals surface area contributed by atoms with Gasteiger partial charge in [-0.2, -0.15) is 0 Å². The highest BCUT2D eigenvalue weighted by atomic mass is 79.9. The molecule has 0 amide bonds. The van der Waals surface area contributed by atoms with Gasteiger partial charge in [0.25, 0.3) is 0 Å². The molecular formula is C10H15BrN4. The SMILES string of the molecule is CC1CC(CN)CN1c1ncc(Br)cn1. The zero-order valence-electron chi connectivity index (χ0n) is 8.73. The molecule has 1 aliphatic rings. The molecule has 0 aromatic carbocycles. The lowest BCUT2D eigenvalue weighted by Gasteiger charge is -2.20. The molecule has 1 fully saturated rings. The van der Waals surface area contributed by atoms with Crippen LogP contribution in [0.2, 0.25) is 0 Å². The predicted molar refractivity (Wildman–Crippen MR) is 63.7 cm³/mol. The molecule has 2 rings (SSSR count). The normalized spacial score (nSPS) is 25.9. The summed E-state index contributed by atoms with van der Waals surface area (Å²) in [6, 6.07) is 0.486. The quantitative estimate of drug-likeness (QED) is 0.883. The summed E-state index contributed by atoms with van der Waals surface area (Å²) in [6.07, 6.45) is 4.70. The van der Waals surface area contributed by atoms with Gasteiger partial charge >= 0.3 is 0 Å². The number of nitrogens with two attached hydrogens (primary N) is 1. The number of rotatable bonds is 2. The molecule has 1 aliphatic heterocycles. The first kappa shape index (κ1) is 10.8. The standard InChI is InChI=1S/C10H15BrN4/c1-7-2-8(3-12)6-15(7)10-13-4-9(11)5-14-10/h4-5,7-8H,2-3,6,12H2,1H3. The van der Waals surface area contributed by atoms with Gasteiger partial charge in [-0.15, -0.1) is 0 Å². The first-order valence-electron chi connectivity index (χ1n) is 5.15. The summed E-state index contributed by atoms with van der Waals surface area (Å²) in [6.45, 7) is 3.91. The van der Waals surface area contributed by atoms with Crippen molar-refractivity contribution in [2.75, 3.05) is 18.0 Å². The smallest absolute Gasteiger partial charge is 0.225 e. The number of aromatic nitrogens is 2. The van der Waals surface area contributed by atoms with Crippen LogP contribution in [0.1, 0.15) is 13.3 Å². The molecule has 1 saturated heterocycles. The lowest BCUT2D eigenvalue weighted by molar-refractivity contribution is 0.579. The molecule has 0 saturated carbocycles. The second-order valence-corrected chi connectivity index (χ2v) is 4.96. The number of hydrogen-bond acceptors (Lipinski definition) is 4. The van der Waals surface area contributed by atoms with E-state index < -0.39 is 0 Å². The van der Waals surface area contributed by atoms with Crippen molar-refractivity contribution in [2.24, 2.45) is 11.7 Å². The molecule has 15 heavy (non-hydrogen) atoms. The van der Waals surface area contributed by atoms with Gasteiger partial charge in [0.05, 0.1) is 4.47 Å². The molecule has 0 bridgehead atoms. The zero-order valence-corrected chi connectivity index (χ0v) is 10.3. The molecule has 0 aliphatic carbocycles. The second kappa shape index (κ2) is 4.45. The lowest BCUT2D eigenvalue weighted by Crippen LogP contribution is -2.29. The predicted octanol–water partition coefficient (Wildman–Crippen LogP) is 1.41. The van der Waals surface area contributed by atoms with Gasteiger partial charge < -0.3 is 10.6 Å². The Labute approximate surface area is 98.0 Å². The molecule has 82 valence electrons. The summed E-state index contributed by atoms with van der Waals surface area (Å²) in [5.41, 5.74) is 5.69. The van der Waals surface area contributed by atoms with E-state index in [4.69, 9.17) is 5.73 Å². The van der Waals surface area contributed by atoms with Crippen LogP contribution in [0.5, 0.6) is 0 Å². The van der Waals surface area contributed by atoms with Crippen LogP contribution < -0.4 is 10.6 Å². The largest absolute Gasteiger partial charge is 0.338 e. The summed E-state index contributed by atoms with van der Waals surface area (Å²) in [5, 5.41) is 0. The Bertz CT molecular complexity index is 327. The van der Waals surface area contributed by atoms with E-state index in [1.165, 1.54) is 0 Å². The summed E-state index contributed by atoms with van der Waals surface area (Å²) in [5.74, 6) is 1.38. The average Bonchev–Trinajstić information content (AvgIpc) is 2.61. The van der Waals surface area contributed by atoms with Crippen molar-refractivity contribution in [3.8, 4) is 0 Å². The molecule has 4 nitrogen and oxygen atoms in total. The minimum atomic E-state index is 0.486. The van der Waals surface area contributed by atoms with E-state index in [1.54, 1.807) is 12.4 Å². The van der Waals surface area contributed by atoms with Crippen molar-refractivity contribution >= 4 is 21.9 Å². The highest BCUT2D eigenvalue weighted by Crippen LogP contribution is 2.25. The Morgan fingerprint density at radius 1 is 1.53 bits per heavy atom. The first-order chi connectivity index (χ1) is 7.20. The molecule has 2 heterocycles. The van der Waals surface area contributed by atoms with E-state index in [0.717, 1.165) is 29.9 Å². The Morgan fingerprint density at radius 3 is 2.73 bits per heavy atom. The van der Waals surface area contributed by atoms with Gasteiger partial charge in [-0.1, -0.05) is 0 Å². The van der Waals surface area contributed by atoms with E-state index in [0.29, 0.717) is 12.0 Å². The van der Waals surface area contributed by atoms with Gasteiger partial charge in [-0.05, 0) is 41.7 Å². The fourth-order valence-corrected chi connectivity index (χ4v) is 2.25. The maximum Gasteiger partial charge on any atom is 0.225 e. The number of halogens is 1. The van der Waals surface area contributed by atoms with Crippen LogP contribution in [0.3, 0.4) is 0 Å². The zero-order chi connectivity index (χ0) is 10.8. The number of hydrogen-bond donors (Lipinski definition) is 1. The third kappa shape index (κ3) is 2.29. The molecule has 1 aromatic rings. The Hall–Kier alpha value is -0.680. The lowest BCUT2D eigenvalue weighted by atomic mass is 10.1. The van der Waals surface area contributed by atoms with Gasteiger partial charge in [-0.3, -0.25) is 0 Å². The van der Waals surface area contributed by atoms with E-state index in [2.05, 4.69) is 37.7 Å². The van der Waals surface area contributed by atoms with Crippen molar-refractivity contribution in [3.63, 3.8) is 0 Å². The van der Waals surface area contributed by atoms with Crippen LogP contribution in [-0.2, 0) is 0 Å². The third-order valence-electron chi connectivity index (χ3n) is 2.86. The minimum absolute atomic E-state index is 0.486. The average molecular weight is 271 g/mol. The second-order valence-electron chi connectivity index (χ2n) is 4.04. The van der Waals surface area contributed by atoms with Gasteiger partial charge in [0.1, 0.15) is 0 Å². The Balaban J connectivity index is 2.14. The van der Waals surface area contributed by atoms with Gasteiger partial charge in [0.2, 0.25) is 5.95 Å². The summed E-state index contributed by atoms with van der Waals surface area (Å²) >= 11 is 3.33. The van der Waals surface area contributed by atoms with Crippen molar-refractivity contribution in [1.29, 1.82) is 0 Å². The van der Waals surface area contributed by atoms with E-state index in [1.807, 2.05) is 0 Å². The van der Waals surface area contributed by atoms with Gasteiger partial charge in [0, 0.05) is 25.0 Å². The van der Waals surface area contributed by atoms with Crippen molar-refractivity contribution < 1.29 is 0 Å². The van der Waals surface area contributed by atoms with Crippen LogP contribution in [0.4, 0.5) is 5.95 Å². The Morgan fingerprint density at radius 2 is 2.20 bits per heavy atom. The molecule has 5 heteroatoms. The molecule has 2 unspecified atom stereocenters. The monoisotopic (exact) mass is 270 g/mol. The van der Waals surface area contributed by atoms with Crippen molar-refractivity contribution in [2.45, 2.75) is 19.4 Å². The molecule has 2 N–H and O–H groups in total. The summed E-state index contributed by atoms with van der Waals surface area (Å²) in [7, 11) is 0. The first-order valence-corrected chi connectivity index (χ1v) is 5.94. The fourth-order valence-electron chi connectivity index (χ4n) is 2.05. The van der Waals surface area contributed by atoms with Crippen LogP contribution >= 0.6 is 15.9 Å². The highest BCUT2D eigenvalue weighted by Gasteiger charge is 2.29. The number of anilines is 1. The fraction of sp³-hybridized carbons (Fsp3) is 0.600. The summed E-state index contributed by atoms with van der Waals surface area (Å²) in [4.78, 5) is 10.8. The van der Waals surface area contributed by atoms with E-state index >= 15 is 0 Å². The molecule has 1 aromatic heterocycles. The highest BCUT2D eigenvalue weighted by molar-refractivity contribution is 9.10. The van der Waals surface area contributed by atoms with Crippen molar-refractivity contribution in [3.05, 3.63) is 16.9 Å². The van der Waals surface area contributed by atoms with Crippen LogP contribution in [0.15, 0.2) is 16.9 Å². The van der Waals surface area contributed by atoms with E-state index in [9.17, 15) is 0 Å².